The Morgan fingerprint density at radius 2 is 1.10 bits per heavy atom. The summed E-state index contributed by atoms with van der Waals surface area (Å²) in [6.07, 6.45) is 23.0. The van der Waals surface area contributed by atoms with Crippen LogP contribution in [0.15, 0.2) is 42.5 Å². The van der Waals surface area contributed by atoms with Crippen molar-refractivity contribution in [3.8, 4) is 0 Å². The Kier molecular flexibility index (Phi) is 10.7. The van der Waals surface area contributed by atoms with Crippen LogP contribution in [0.4, 0.5) is 0 Å². The summed E-state index contributed by atoms with van der Waals surface area (Å²) >= 11 is 0. The van der Waals surface area contributed by atoms with E-state index in [1.54, 1.807) is 75.0 Å². The summed E-state index contributed by atoms with van der Waals surface area (Å²) in [5.74, 6) is 8.75. The molecule has 3 unspecified atom stereocenters. The number of nitrogens with one attached hydrogen (secondary N) is 2. The molecule has 3 atom stereocenters. The molecule has 0 spiro atoms. The zero-order valence-corrected chi connectivity index (χ0v) is 35.0. The summed E-state index contributed by atoms with van der Waals surface area (Å²) in [6, 6.07) is 16.9. The van der Waals surface area contributed by atoms with Crippen molar-refractivity contribution < 1.29 is 17.1 Å². The molecule has 49 heavy (non-hydrogen) atoms. The topological polar surface area (TPSA) is 24.1 Å². The molecule has 10 aliphatic rings. The van der Waals surface area contributed by atoms with Crippen LogP contribution >= 0.6 is 17.2 Å². The van der Waals surface area contributed by atoms with E-state index in [1.807, 2.05) is 35.9 Å². The van der Waals surface area contributed by atoms with Gasteiger partial charge in [0, 0.05) is 37.2 Å². The van der Waals surface area contributed by atoms with Crippen molar-refractivity contribution in [3.05, 3.63) is 53.6 Å². The Morgan fingerprint density at radius 3 is 1.45 bits per heavy atom. The van der Waals surface area contributed by atoms with Crippen molar-refractivity contribution in [3.63, 3.8) is 0 Å². The average Bonchev–Trinajstić information content (AvgIpc) is 3.88. The fourth-order valence-electron chi connectivity index (χ4n) is 14.1. The van der Waals surface area contributed by atoms with E-state index in [2.05, 4.69) is 51.6 Å². The van der Waals surface area contributed by atoms with Gasteiger partial charge in [-0.05, 0) is 167 Å². The Morgan fingerprint density at radius 1 is 0.694 bits per heavy atom. The average molecular weight is 757 g/mol. The largest absolute Gasteiger partial charge is 0.748 e. The van der Waals surface area contributed by atoms with Crippen LogP contribution < -0.4 is 15.8 Å². The first-order chi connectivity index (χ1) is 23.2. The van der Waals surface area contributed by atoms with Gasteiger partial charge in [0.1, 0.15) is 0 Å². The van der Waals surface area contributed by atoms with Gasteiger partial charge in [0.2, 0.25) is 0 Å². The van der Waals surface area contributed by atoms with Crippen molar-refractivity contribution in [2.24, 2.45) is 47.3 Å². The third-order valence-corrected chi connectivity index (χ3v) is 22.7. The molecule has 2 aliphatic heterocycles. The molecule has 8 aliphatic carbocycles. The summed E-state index contributed by atoms with van der Waals surface area (Å²) in [5.41, 5.74) is 5.82. The van der Waals surface area contributed by atoms with Crippen molar-refractivity contribution in [1.29, 1.82) is 0 Å². The van der Waals surface area contributed by atoms with Crippen LogP contribution in [-0.2, 0) is 28.4 Å². The summed E-state index contributed by atoms with van der Waals surface area (Å²) in [4.78, 5) is 0. The van der Waals surface area contributed by atoms with Crippen LogP contribution in [0, 0.1) is 47.3 Å². The quantitative estimate of drug-likeness (QED) is 0.159. The molecule has 0 amide bonds. The van der Waals surface area contributed by atoms with Crippen LogP contribution in [0.5, 0.6) is 0 Å². The Hall–Kier alpha value is 0.216. The first-order valence-corrected chi connectivity index (χ1v) is 26.5. The van der Waals surface area contributed by atoms with Crippen molar-refractivity contribution >= 4 is 30.4 Å². The molecule has 10 fully saturated rings. The SMILES string of the molecule is C[Si](C)(C)[c-]1cc(CP(C2C3CC4CC(C3)CC2C4)C2C3CC4CC(C3)CC2C4)c(C(P)(C2CCCN2)C2CCCN2)c1.[Fe].[cH-]1[cH-][cH-][cH-][cH-]1. The van der Waals surface area contributed by atoms with Gasteiger partial charge in [-0.1, -0.05) is 25.8 Å². The van der Waals surface area contributed by atoms with Crippen molar-refractivity contribution in [2.75, 3.05) is 13.1 Å². The van der Waals surface area contributed by atoms with Crippen molar-refractivity contribution in [2.45, 2.75) is 144 Å². The van der Waals surface area contributed by atoms with Gasteiger partial charge in [-0.25, -0.2) is 0 Å². The van der Waals surface area contributed by atoms with Gasteiger partial charge in [-0.3, -0.25) is 0 Å². The minimum atomic E-state index is -1.43. The first kappa shape index (κ1) is 36.2. The van der Waals surface area contributed by atoms with Gasteiger partial charge in [0.05, 0.1) is 0 Å². The van der Waals surface area contributed by atoms with Gasteiger partial charge in [-0.15, -0.1) is 17.2 Å². The van der Waals surface area contributed by atoms with E-state index in [0.717, 1.165) is 58.7 Å². The van der Waals surface area contributed by atoms with Crippen LogP contribution in [0.25, 0.3) is 0 Å². The normalized spacial score (nSPS) is 42.0. The smallest absolute Gasteiger partial charge is 0.0147 e. The third kappa shape index (κ3) is 6.78. The van der Waals surface area contributed by atoms with Gasteiger partial charge in [0.25, 0.3) is 0 Å². The maximum atomic E-state index is 4.07. The van der Waals surface area contributed by atoms with Crippen LogP contribution in [0.2, 0.25) is 19.6 Å². The van der Waals surface area contributed by atoms with E-state index in [1.165, 1.54) is 44.9 Å². The molecule has 2 N–H and O–H groups in total. The van der Waals surface area contributed by atoms with Crippen molar-refractivity contribution in [1.82, 2.24) is 10.6 Å². The second kappa shape index (κ2) is 14.5. The second-order valence-electron chi connectivity index (χ2n) is 19.6. The predicted octanol–water partition coefficient (Wildman–Crippen LogP) is 9.56. The van der Waals surface area contributed by atoms with Gasteiger partial charge < -0.3 is 41.0 Å². The summed E-state index contributed by atoms with van der Waals surface area (Å²) in [6.45, 7) is 10.2. The molecule has 8 saturated carbocycles. The number of rotatable bonds is 8. The zero-order valence-electron chi connectivity index (χ0n) is 30.9. The third-order valence-electron chi connectivity index (χ3n) is 15.6. The maximum absolute atomic E-state index is 4.07. The Bertz CT molecular complexity index is 1250. The minimum Gasteiger partial charge on any atom is -0.748 e. The monoisotopic (exact) mass is 756 g/mol. The minimum absolute atomic E-state index is 0. The molecule has 12 rings (SSSR count). The predicted molar refractivity (Wildman–Crippen MR) is 213 cm³/mol. The van der Waals surface area contributed by atoms with Crippen LogP contribution in [0.3, 0.4) is 0 Å². The molecule has 0 aromatic heterocycles. The fourth-order valence-corrected chi connectivity index (χ4v) is 20.8. The molecule has 2 aromatic rings. The summed E-state index contributed by atoms with van der Waals surface area (Å²) in [5, 5.41) is 10.0. The number of hydrogen-bond donors (Lipinski definition) is 2. The summed E-state index contributed by atoms with van der Waals surface area (Å²) in [7, 11) is 2.18. The maximum Gasteiger partial charge on any atom is 0.0147 e. The first-order valence-electron chi connectivity index (χ1n) is 20.7. The van der Waals surface area contributed by atoms with Crippen LogP contribution in [0.1, 0.15) is 101 Å². The van der Waals surface area contributed by atoms with Gasteiger partial charge in [0.15, 0.2) is 0 Å². The van der Waals surface area contributed by atoms with E-state index in [-0.39, 0.29) is 30.1 Å². The summed E-state index contributed by atoms with van der Waals surface area (Å²) < 4.78 is 0. The van der Waals surface area contributed by atoms with Gasteiger partial charge >= 0.3 is 0 Å². The van der Waals surface area contributed by atoms with E-state index in [0.29, 0.717) is 12.1 Å². The molecule has 0 radical (unpaired) electrons. The Labute approximate surface area is 314 Å². The van der Waals surface area contributed by atoms with Gasteiger partial charge in [-0.2, -0.15) is 28.4 Å². The molecular formula is C43H66FeN2P2Si-6. The molecule has 6 heteroatoms. The van der Waals surface area contributed by atoms with E-state index >= 15 is 0 Å². The second-order valence-corrected chi connectivity index (χ2v) is 28.2. The fraction of sp³-hybridized carbons (Fsp3) is 0.767. The van der Waals surface area contributed by atoms with E-state index < -0.39 is 8.07 Å². The molecule has 2 heterocycles. The number of hydrogen-bond acceptors (Lipinski definition) is 2. The van der Waals surface area contributed by atoms with E-state index in [4.69, 9.17) is 0 Å². The molecule has 2 aromatic carbocycles. The standard InChI is InChI=1S/C38H61N2P2Si.C5H5.Fe/c1-43(2,3)32-20-31(33(21-32)38(41,34-6-4-8-39-34)35-7-5-9-40-35)22-42(36-27-12-23-10-24(14-27)15-28(36)13-23)37-29-16-25-11-26(18-29)19-30(37)17-25;1-2-4-5-3-1;/h20-21,23-30,34-37,39-40H,4-19,22,41H2,1-3H3;1-5H;/q-1;-5;. The Balaban J connectivity index is 0.000000536. The molecule has 276 valence electrons. The van der Waals surface area contributed by atoms with E-state index in [9.17, 15) is 0 Å². The zero-order chi connectivity index (χ0) is 32.6. The van der Waals surface area contributed by atoms with Crippen LogP contribution in [-0.4, -0.2) is 44.6 Å². The molecular weight excluding hydrogens is 690 g/mol. The molecule has 2 nitrogen and oxygen atoms in total. The molecule has 2 saturated heterocycles. The molecule has 8 bridgehead atoms.